The van der Waals surface area contributed by atoms with Crippen LogP contribution >= 0.6 is 15.6 Å². The van der Waals surface area contributed by atoms with Crippen LogP contribution in [0.15, 0.2) is 0 Å². The number of ether oxygens (including phenoxy) is 4. The second-order valence-corrected chi connectivity index (χ2v) is 31.6. The molecule has 94 heavy (non-hydrogen) atoms. The first kappa shape index (κ1) is 92.1. The minimum Gasteiger partial charge on any atom is -0.462 e. The van der Waals surface area contributed by atoms with Gasteiger partial charge in [0.15, 0.2) is 12.2 Å². The molecule has 0 aliphatic carbocycles. The minimum atomic E-state index is -4.96. The second kappa shape index (κ2) is 64.4. The highest BCUT2D eigenvalue weighted by Crippen LogP contribution is 2.45. The summed E-state index contributed by atoms with van der Waals surface area (Å²) in [6.45, 7) is 14.2. The molecule has 0 heterocycles. The molecule has 3 N–H and O–H groups in total. The van der Waals surface area contributed by atoms with E-state index in [4.69, 9.17) is 37.0 Å². The second-order valence-electron chi connectivity index (χ2n) is 28.7. The molecule has 0 bridgehead atoms. The number of esters is 4. The van der Waals surface area contributed by atoms with Gasteiger partial charge in [-0.1, -0.05) is 325 Å². The number of aliphatic hydroxyl groups is 1. The van der Waals surface area contributed by atoms with Gasteiger partial charge in [-0.15, -0.1) is 0 Å². The van der Waals surface area contributed by atoms with Gasteiger partial charge >= 0.3 is 39.5 Å². The van der Waals surface area contributed by atoms with E-state index in [0.717, 1.165) is 114 Å². The van der Waals surface area contributed by atoms with Crippen LogP contribution in [-0.4, -0.2) is 96.7 Å². The summed E-state index contributed by atoms with van der Waals surface area (Å²) < 4.78 is 68.5. The van der Waals surface area contributed by atoms with Gasteiger partial charge < -0.3 is 33.8 Å². The van der Waals surface area contributed by atoms with Crippen molar-refractivity contribution < 1.29 is 80.2 Å². The average molecular weight is 1380 g/mol. The molecule has 558 valence electrons. The van der Waals surface area contributed by atoms with Crippen LogP contribution < -0.4 is 0 Å². The molecule has 17 nitrogen and oxygen atoms in total. The van der Waals surface area contributed by atoms with Crippen molar-refractivity contribution in [2.75, 3.05) is 39.6 Å². The molecule has 6 atom stereocenters. The van der Waals surface area contributed by atoms with Crippen molar-refractivity contribution in [2.45, 2.75) is 395 Å². The predicted octanol–water partition coefficient (Wildman–Crippen LogP) is 21.7. The van der Waals surface area contributed by atoms with Gasteiger partial charge in [-0.3, -0.25) is 37.3 Å². The van der Waals surface area contributed by atoms with Crippen molar-refractivity contribution in [1.82, 2.24) is 0 Å². The van der Waals surface area contributed by atoms with Gasteiger partial charge in [0.25, 0.3) is 0 Å². The maximum Gasteiger partial charge on any atom is 0.472 e. The molecule has 0 aliphatic heterocycles. The smallest absolute Gasteiger partial charge is 0.462 e. The lowest BCUT2D eigenvalue weighted by Crippen LogP contribution is -2.30. The predicted molar refractivity (Wildman–Crippen MR) is 381 cm³/mol. The molecule has 0 radical (unpaired) electrons. The van der Waals surface area contributed by atoms with E-state index in [-0.39, 0.29) is 25.7 Å². The van der Waals surface area contributed by atoms with Crippen LogP contribution in [0.3, 0.4) is 0 Å². The average Bonchev–Trinajstić information content (AvgIpc) is 1.44. The van der Waals surface area contributed by atoms with Gasteiger partial charge in [0, 0.05) is 25.7 Å². The molecule has 0 amide bonds. The lowest BCUT2D eigenvalue weighted by atomic mass is 9.99. The SMILES string of the molecule is CCC(C)CCCCCCCCCCCCC(=O)O[C@H](COC(=O)CCCCCCCCCCCCCCCCCC(C)C)COP(=O)(O)OC[C@@H](O)COP(=O)(O)OC[C@@H](COC(=O)CCCCCCCCC(C)C)OC(=O)CCCCCCCCCCCCC(C)C. The number of unbranched alkanes of at least 4 members (excludes halogenated alkanes) is 37. The molecule has 0 aromatic carbocycles. The van der Waals surface area contributed by atoms with Crippen molar-refractivity contribution in [3.63, 3.8) is 0 Å². The van der Waals surface area contributed by atoms with Crippen LogP contribution in [0.5, 0.6) is 0 Å². The molecule has 0 fully saturated rings. The number of carbonyl (C=O) groups is 4. The van der Waals surface area contributed by atoms with E-state index in [9.17, 15) is 43.2 Å². The van der Waals surface area contributed by atoms with E-state index >= 15 is 0 Å². The summed E-state index contributed by atoms with van der Waals surface area (Å²) in [5.74, 6) is 0.917. The Morgan fingerprint density at radius 3 is 0.755 bits per heavy atom. The summed E-state index contributed by atoms with van der Waals surface area (Å²) in [6, 6.07) is 0. The number of rotatable bonds is 72. The number of aliphatic hydroxyl groups excluding tert-OH is 1. The topological polar surface area (TPSA) is 237 Å². The third-order valence-electron chi connectivity index (χ3n) is 17.7. The molecule has 19 heteroatoms. The molecule has 0 rings (SSSR count). The lowest BCUT2D eigenvalue weighted by molar-refractivity contribution is -0.161. The van der Waals surface area contributed by atoms with Gasteiger partial charge in [0.2, 0.25) is 0 Å². The van der Waals surface area contributed by atoms with E-state index in [1.807, 2.05) is 0 Å². The lowest BCUT2D eigenvalue weighted by Gasteiger charge is -2.21. The zero-order chi connectivity index (χ0) is 69.6. The first-order chi connectivity index (χ1) is 45.1. The molecule has 0 saturated carbocycles. The van der Waals surface area contributed by atoms with E-state index in [2.05, 4.69) is 55.4 Å². The Morgan fingerprint density at radius 1 is 0.298 bits per heavy atom. The van der Waals surface area contributed by atoms with Crippen molar-refractivity contribution in [3.05, 3.63) is 0 Å². The highest BCUT2D eigenvalue weighted by Gasteiger charge is 2.30. The van der Waals surface area contributed by atoms with Crippen molar-refractivity contribution >= 4 is 39.5 Å². The number of phosphoric ester groups is 2. The largest absolute Gasteiger partial charge is 0.472 e. The van der Waals surface area contributed by atoms with E-state index in [1.165, 1.54) is 173 Å². The van der Waals surface area contributed by atoms with E-state index < -0.39 is 97.5 Å². The van der Waals surface area contributed by atoms with Crippen LogP contribution in [-0.2, 0) is 65.4 Å². The monoisotopic (exact) mass is 1380 g/mol. The number of carbonyl (C=O) groups excluding carboxylic acids is 4. The van der Waals surface area contributed by atoms with Crippen LogP contribution in [0.4, 0.5) is 0 Å². The third kappa shape index (κ3) is 67.3. The molecule has 0 aromatic rings. The van der Waals surface area contributed by atoms with E-state index in [1.54, 1.807) is 0 Å². The molecule has 0 saturated heterocycles. The van der Waals surface area contributed by atoms with Crippen molar-refractivity contribution in [1.29, 1.82) is 0 Å². The van der Waals surface area contributed by atoms with Crippen LogP contribution in [0, 0.1) is 23.7 Å². The number of hydrogen-bond donors (Lipinski definition) is 3. The maximum atomic E-state index is 13.1. The Kier molecular flexibility index (Phi) is 63.1. The number of phosphoric acid groups is 2. The highest BCUT2D eigenvalue weighted by atomic mass is 31.2. The zero-order valence-electron chi connectivity index (χ0n) is 61.6. The molecule has 0 aromatic heterocycles. The standard InChI is InChI=1S/C75H146O17P2/c1-9-68(8)54-46-38-29-23-18-20-26-32-42-50-58-75(80)91-70(61-85-72(77)55-47-39-30-24-16-14-12-10-11-13-15-21-27-35-43-51-65(2)3)63-89-93(81,82)87-59-69(76)60-88-94(83,84)90-64-71(62-86-73(78)56-48-40-34-33-37-45-53-67(6)7)92-74(79)57-49-41-31-25-19-17-22-28-36-44-52-66(4)5/h65-71,76H,9-64H2,1-8H3,(H,81,82)(H,83,84)/t68?,69-,70-,71-/m1/s1. The summed E-state index contributed by atoms with van der Waals surface area (Å²) in [5, 5.41) is 10.6. The Hall–Kier alpha value is -1.94. The summed E-state index contributed by atoms with van der Waals surface area (Å²) >= 11 is 0. The first-order valence-corrected chi connectivity index (χ1v) is 41.7. The summed E-state index contributed by atoms with van der Waals surface area (Å²) in [5.41, 5.74) is 0. The summed E-state index contributed by atoms with van der Waals surface area (Å²) in [7, 11) is -9.91. The normalized spacial score (nSPS) is 14.4. The van der Waals surface area contributed by atoms with E-state index in [0.29, 0.717) is 31.6 Å². The Balaban J connectivity index is 5.23. The van der Waals surface area contributed by atoms with Crippen LogP contribution in [0.2, 0.25) is 0 Å². The van der Waals surface area contributed by atoms with Crippen molar-refractivity contribution in [3.8, 4) is 0 Å². The van der Waals surface area contributed by atoms with Crippen molar-refractivity contribution in [2.24, 2.45) is 23.7 Å². The Morgan fingerprint density at radius 2 is 0.511 bits per heavy atom. The van der Waals surface area contributed by atoms with Gasteiger partial charge in [-0.2, -0.15) is 0 Å². The first-order valence-electron chi connectivity index (χ1n) is 38.7. The van der Waals surface area contributed by atoms with Gasteiger partial charge in [0.05, 0.1) is 26.4 Å². The third-order valence-corrected chi connectivity index (χ3v) is 19.6. The fraction of sp³-hybridized carbons (Fsp3) is 0.947. The fourth-order valence-electron chi connectivity index (χ4n) is 11.3. The Labute approximate surface area is 575 Å². The van der Waals surface area contributed by atoms with Crippen LogP contribution in [0.1, 0.15) is 376 Å². The maximum absolute atomic E-state index is 13.1. The molecule has 0 spiro atoms. The minimum absolute atomic E-state index is 0.104. The van der Waals surface area contributed by atoms with Gasteiger partial charge in [-0.25, -0.2) is 9.13 Å². The zero-order valence-corrected chi connectivity index (χ0v) is 63.4. The van der Waals surface area contributed by atoms with Gasteiger partial charge in [-0.05, 0) is 49.4 Å². The quantitative estimate of drug-likeness (QED) is 0.0222. The highest BCUT2D eigenvalue weighted by molar-refractivity contribution is 7.47. The van der Waals surface area contributed by atoms with Gasteiger partial charge in [0.1, 0.15) is 19.3 Å². The number of hydrogen-bond acceptors (Lipinski definition) is 15. The summed E-state index contributed by atoms with van der Waals surface area (Å²) in [6.07, 6.45) is 48.7. The fourth-order valence-corrected chi connectivity index (χ4v) is 12.9. The molecule has 0 aliphatic rings. The molecular formula is C75H146O17P2. The van der Waals surface area contributed by atoms with Crippen LogP contribution in [0.25, 0.3) is 0 Å². The molecular weight excluding hydrogens is 1230 g/mol. The summed E-state index contributed by atoms with van der Waals surface area (Å²) in [4.78, 5) is 72.7. The molecule has 3 unspecified atom stereocenters. The Bertz CT molecular complexity index is 1850.